The van der Waals surface area contributed by atoms with Gasteiger partial charge in [-0.25, -0.2) is 0 Å². The maximum Gasteiger partial charge on any atom is 0.0564 e. The van der Waals surface area contributed by atoms with Gasteiger partial charge in [0.25, 0.3) is 0 Å². The summed E-state index contributed by atoms with van der Waals surface area (Å²) >= 11 is 5.35. The van der Waals surface area contributed by atoms with Crippen LogP contribution in [0.5, 0.6) is 0 Å². The largest absolute Gasteiger partial charge is 0.329 e. The van der Waals surface area contributed by atoms with E-state index in [1.807, 2.05) is 11.3 Å². The first-order valence-corrected chi connectivity index (χ1v) is 8.47. The molecule has 1 aliphatic rings. The number of piperidine rings is 1. The topological polar surface area (TPSA) is 29.3 Å². The number of hydrogen-bond donors (Lipinski definition) is 1. The molecule has 0 aliphatic carbocycles. The van der Waals surface area contributed by atoms with Crippen LogP contribution in [-0.2, 0) is 0 Å². The predicted molar refractivity (Wildman–Crippen MR) is 82.9 cm³/mol. The van der Waals surface area contributed by atoms with E-state index in [1.165, 1.54) is 35.3 Å². The summed E-state index contributed by atoms with van der Waals surface area (Å²) in [6.07, 6.45) is 2.64. The maximum atomic E-state index is 5.99. The predicted octanol–water partition coefficient (Wildman–Crippen LogP) is 3.88. The molecule has 2 N–H and O–H groups in total. The second kappa shape index (κ2) is 6.51. The molecule has 2 nitrogen and oxygen atoms in total. The molecular formula is C14H23BrN2S. The molecule has 0 radical (unpaired) electrons. The standard InChI is InChI=1S/C14H23BrN2S/c1-10(2)11-3-5-17(6-4-11)13(8-16)14-7-12(15)9-18-14/h7,9-11,13H,3-6,8,16H2,1-2H3. The Bertz CT molecular complexity index is 370. The number of likely N-dealkylation sites (tertiary alicyclic amines) is 1. The third-order valence-electron chi connectivity index (χ3n) is 4.10. The minimum absolute atomic E-state index is 0.411. The van der Waals surface area contributed by atoms with E-state index in [1.54, 1.807) is 0 Å². The molecule has 0 bridgehead atoms. The Labute approximate surface area is 123 Å². The Morgan fingerprint density at radius 3 is 2.56 bits per heavy atom. The van der Waals surface area contributed by atoms with Gasteiger partial charge in [0.15, 0.2) is 0 Å². The summed E-state index contributed by atoms with van der Waals surface area (Å²) in [6, 6.07) is 2.63. The summed E-state index contributed by atoms with van der Waals surface area (Å²) in [5, 5.41) is 2.15. The summed E-state index contributed by atoms with van der Waals surface area (Å²) in [7, 11) is 0. The molecule has 4 heteroatoms. The van der Waals surface area contributed by atoms with Crippen LogP contribution in [0.15, 0.2) is 15.9 Å². The van der Waals surface area contributed by atoms with Crippen molar-refractivity contribution in [1.82, 2.24) is 4.90 Å². The number of thiophene rings is 1. The van der Waals surface area contributed by atoms with Gasteiger partial charge in [0.1, 0.15) is 0 Å². The van der Waals surface area contributed by atoms with Crippen LogP contribution >= 0.6 is 27.3 Å². The van der Waals surface area contributed by atoms with E-state index in [-0.39, 0.29) is 0 Å². The average molecular weight is 331 g/mol. The fraction of sp³-hybridized carbons (Fsp3) is 0.714. The Morgan fingerprint density at radius 1 is 1.44 bits per heavy atom. The highest BCUT2D eigenvalue weighted by atomic mass is 79.9. The highest BCUT2D eigenvalue weighted by Gasteiger charge is 2.27. The Kier molecular flexibility index (Phi) is 5.24. The van der Waals surface area contributed by atoms with Crippen LogP contribution in [-0.4, -0.2) is 24.5 Å². The van der Waals surface area contributed by atoms with Crippen LogP contribution in [0.2, 0.25) is 0 Å². The van der Waals surface area contributed by atoms with E-state index in [0.29, 0.717) is 6.04 Å². The van der Waals surface area contributed by atoms with E-state index < -0.39 is 0 Å². The molecule has 18 heavy (non-hydrogen) atoms. The minimum atomic E-state index is 0.411. The smallest absolute Gasteiger partial charge is 0.0564 e. The van der Waals surface area contributed by atoms with Crippen molar-refractivity contribution >= 4 is 27.3 Å². The van der Waals surface area contributed by atoms with E-state index in [4.69, 9.17) is 5.73 Å². The fourth-order valence-corrected chi connectivity index (χ4v) is 4.44. The van der Waals surface area contributed by atoms with Crippen molar-refractivity contribution in [3.63, 3.8) is 0 Å². The Balaban J connectivity index is 1.98. The quantitative estimate of drug-likeness (QED) is 0.907. The van der Waals surface area contributed by atoms with Crippen molar-refractivity contribution in [1.29, 1.82) is 0 Å². The summed E-state index contributed by atoms with van der Waals surface area (Å²) in [5.41, 5.74) is 5.99. The second-order valence-electron chi connectivity index (χ2n) is 5.54. The molecule has 2 rings (SSSR count). The number of halogens is 1. The van der Waals surface area contributed by atoms with E-state index in [9.17, 15) is 0 Å². The lowest BCUT2D eigenvalue weighted by Gasteiger charge is -2.38. The highest BCUT2D eigenvalue weighted by Crippen LogP contribution is 2.33. The zero-order valence-electron chi connectivity index (χ0n) is 11.2. The van der Waals surface area contributed by atoms with Gasteiger partial charge in [-0.15, -0.1) is 11.3 Å². The summed E-state index contributed by atoms with van der Waals surface area (Å²) in [6.45, 7) is 7.80. The lowest BCUT2D eigenvalue weighted by Crippen LogP contribution is -2.40. The van der Waals surface area contributed by atoms with Crippen molar-refractivity contribution in [3.05, 3.63) is 20.8 Å². The van der Waals surface area contributed by atoms with Gasteiger partial charge in [0, 0.05) is 21.3 Å². The number of rotatable bonds is 4. The molecule has 1 aromatic rings. The van der Waals surface area contributed by atoms with Crippen molar-refractivity contribution < 1.29 is 0 Å². The van der Waals surface area contributed by atoms with Gasteiger partial charge in [-0.05, 0) is 59.8 Å². The van der Waals surface area contributed by atoms with Crippen LogP contribution in [0.4, 0.5) is 0 Å². The van der Waals surface area contributed by atoms with E-state index >= 15 is 0 Å². The van der Waals surface area contributed by atoms with Crippen molar-refractivity contribution in [2.75, 3.05) is 19.6 Å². The van der Waals surface area contributed by atoms with Crippen LogP contribution in [0, 0.1) is 11.8 Å². The zero-order chi connectivity index (χ0) is 13.1. The third kappa shape index (κ3) is 3.35. The lowest BCUT2D eigenvalue weighted by molar-refractivity contribution is 0.119. The molecule has 2 heterocycles. The molecule has 0 saturated carbocycles. The first-order valence-electron chi connectivity index (χ1n) is 6.80. The van der Waals surface area contributed by atoms with Gasteiger partial charge in [0.05, 0.1) is 6.04 Å². The molecule has 1 unspecified atom stereocenters. The molecule has 1 saturated heterocycles. The lowest BCUT2D eigenvalue weighted by atomic mass is 9.86. The summed E-state index contributed by atoms with van der Waals surface area (Å²) < 4.78 is 1.18. The van der Waals surface area contributed by atoms with Gasteiger partial charge in [-0.1, -0.05) is 13.8 Å². The monoisotopic (exact) mass is 330 g/mol. The number of nitrogens with zero attached hydrogens (tertiary/aromatic N) is 1. The van der Waals surface area contributed by atoms with Gasteiger partial charge < -0.3 is 5.73 Å². The third-order valence-corrected chi connectivity index (χ3v) is 5.89. The van der Waals surface area contributed by atoms with Crippen LogP contribution in [0.25, 0.3) is 0 Å². The van der Waals surface area contributed by atoms with Gasteiger partial charge in [0.2, 0.25) is 0 Å². The molecule has 0 aromatic carbocycles. The second-order valence-corrected chi connectivity index (χ2v) is 7.39. The normalized spacial score (nSPS) is 20.5. The molecule has 0 amide bonds. The first-order chi connectivity index (χ1) is 8.61. The average Bonchev–Trinajstić information content (AvgIpc) is 2.77. The molecule has 1 aliphatic heterocycles. The zero-order valence-corrected chi connectivity index (χ0v) is 13.6. The van der Waals surface area contributed by atoms with Crippen molar-refractivity contribution in [3.8, 4) is 0 Å². The van der Waals surface area contributed by atoms with Gasteiger partial charge in [-0.2, -0.15) is 0 Å². The van der Waals surface area contributed by atoms with Gasteiger partial charge >= 0.3 is 0 Å². The SMILES string of the molecule is CC(C)C1CCN(C(CN)c2cc(Br)cs2)CC1. The summed E-state index contributed by atoms with van der Waals surface area (Å²) in [4.78, 5) is 3.96. The van der Waals surface area contributed by atoms with E-state index in [0.717, 1.165) is 18.4 Å². The van der Waals surface area contributed by atoms with E-state index in [2.05, 4.69) is 46.1 Å². The number of hydrogen-bond acceptors (Lipinski definition) is 3. The van der Waals surface area contributed by atoms with Crippen molar-refractivity contribution in [2.45, 2.75) is 32.7 Å². The summed E-state index contributed by atoms with van der Waals surface area (Å²) in [5.74, 6) is 1.72. The first kappa shape index (κ1) is 14.5. The Hall–Kier alpha value is 0.1000. The van der Waals surface area contributed by atoms with Crippen LogP contribution < -0.4 is 5.73 Å². The van der Waals surface area contributed by atoms with Crippen molar-refractivity contribution in [2.24, 2.45) is 17.6 Å². The van der Waals surface area contributed by atoms with Gasteiger partial charge in [-0.3, -0.25) is 4.90 Å². The Morgan fingerprint density at radius 2 is 2.11 bits per heavy atom. The molecular weight excluding hydrogens is 308 g/mol. The minimum Gasteiger partial charge on any atom is -0.329 e. The molecule has 1 fully saturated rings. The van der Waals surface area contributed by atoms with Crippen LogP contribution in [0.1, 0.15) is 37.6 Å². The molecule has 1 atom stereocenters. The van der Waals surface area contributed by atoms with Crippen LogP contribution in [0.3, 0.4) is 0 Å². The molecule has 102 valence electrons. The highest BCUT2D eigenvalue weighted by molar-refractivity contribution is 9.10. The molecule has 1 aromatic heterocycles. The number of nitrogens with two attached hydrogens (primary N) is 1. The maximum absolute atomic E-state index is 5.99. The fourth-order valence-electron chi connectivity index (χ4n) is 2.85. The molecule has 0 spiro atoms.